The standard InChI is InChI=1S/C50H78O3/c1-5-7-9-11-37-13-17-39(18-14-37)41-21-25-43(26-22-41)49(45-29-33-47(51-3)34-30-45)53-50(46-31-35-48(52-4)36-32-46)44-27-23-42(24-28-44)40-19-15-38(16-20-40)12-10-8-6-2/h29-44,49-50H,5-28H2,1-4H3/t37-,38-,39-,40-,41-,42-,43-,44-,49?,50?. The van der Waals surface area contributed by atoms with Crippen LogP contribution in [0.3, 0.4) is 0 Å². The topological polar surface area (TPSA) is 27.7 Å². The minimum atomic E-state index is 0.115. The molecule has 0 bridgehead atoms. The van der Waals surface area contributed by atoms with Crippen LogP contribution < -0.4 is 9.47 Å². The van der Waals surface area contributed by atoms with Crippen molar-refractivity contribution in [1.82, 2.24) is 0 Å². The second-order valence-corrected chi connectivity index (χ2v) is 18.4. The molecule has 0 amide bonds. The van der Waals surface area contributed by atoms with Gasteiger partial charge in [-0.1, -0.05) is 115 Å². The van der Waals surface area contributed by atoms with E-state index in [1.807, 2.05) is 0 Å². The van der Waals surface area contributed by atoms with Crippen molar-refractivity contribution in [2.45, 2.75) is 180 Å². The van der Waals surface area contributed by atoms with Gasteiger partial charge in [0.25, 0.3) is 0 Å². The van der Waals surface area contributed by atoms with Crippen LogP contribution in [0.1, 0.15) is 191 Å². The van der Waals surface area contributed by atoms with Gasteiger partial charge >= 0.3 is 0 Å². The maximum absolute atomic E-state index is 7.65. The summed E-state index contributed by atoms with van der Waals surface area (Å²) in [5.41, 5.74) is 2.68. The summed E-state index contributed by atoms with van der Waals surface area (Å²) >= 11 is 0. The third kappa shape index (κ3) is 11.5. The lowest BCUT2D eigenvalue weighted by Gasteiger charge is -2.43. The average Bonchev–Trinajstić information content (AvgIpc) is 3.22. The van der Waals surface area contributed by atoms with E-state index in [-0.39, 0.29) is 12.2 Å². The molecule has 4 aliphatic rings. The molecule has 0 heterocycles. The monoisotopic (exact) mass is 727 g/mol. The molecule has 0 aromatic heterocycles. The minimum Gasteiger partial charge on any atom is -0.497 e. The van der Waals surface area contributed by atoms with Crippen molar-refractivity contribution in [3.8, 4) is 11.5 Å². The van der Waals surface area contributed by atoms with Crippen LogP contribution in [0.5, 0.6) is 11.5 Å². The molecule has 53 heavy (non-hydrogen) atoms. The van der Waals surface area contributed by atoms with Gasteiger partial charge in [0.2, 0.25) is 0 Å². The third-order valence-electron chi connectivity index (χ3n) is 15.2. The van der Waals surface area contributed by atoms with E-state index < -0.39 is 0 Å². The molecule has 2 aromatic rings. The summed E-state index contributed by atoms with van der Waals surface area (Å²) in [5.74, 6) is 8.74. The maximum atomic E-state index is 7.65. The van der Waals surface area contributed by atoms with Crippen molar-refractivity contribution in [3.63, 3.8) is 0 Å². The van der Waals surface area contributed by atoms with E-state index in [4.69, 9.17) is 14.2 Å². The molecule has 2 aromatic carbocycles. The summed E-state index contributed by atoms with van der Waals surface area (Å²) in [6.45, 7) is 4.67. The van der Waals surface area contributed by atoms with Crippen LogP contribution in [-0.2, 0) is 4.74 Å². The lowest BCUT2D eigenvalue weighted by Crippen LogP contribution is -2.31. The fraction of sp³-hybridized carbons (Fsp3) is 0.760. The molecule has 0 spiro atoms. The second-order valence-electron chi connectivity index (χ2n) is 18.4. The van der Waals surface area contributed by atoms with Gasteiger partial charge < -0.3 is 14.2 Å². The quantitative estimate of drug-likeness (QED) is 0.143. The molecule has 0 radical (unpaired) electrons. The first kappa shape index (κ1) is 40.7. The molecular weight excluding hydrogens is 649 g/mol. The van der Waals surface area contributed by atoms with Crippen LogP contribution in [0.15, 0.2) is 48.5 Å². The van der Waals surface area contributed by atoms with E-state index in [2.05, 4.69) is 62.4 Å². The van der Waals surface area contributed by atoms with E-state index in [1.165, 1.54) is 165 Å². The van der Waals surface area contributed by atoms with Gasteiger partial charge in [0.05, 0.1) is 26.4 Å². The molecule has 3 nitrogen and oxygen atoms in total. The SMILES string of the molecule is CCCCC[C@H]1CC[C@H]([C@H]2CC[C@H](C(OC(c3ccc(OC)cc3)[C@H]3CC[C@H]([C@H]4CC[C@H](CCCCC)CC4)CC3)c3ccc(OC)cc3)CC2)CC1. The summed E-state index contributed by atoms with van der Waals surface area (Å²) in [4.78, 5) is 0. The van der Waals surface area contributed by atoms with E-state index >= 15 is 0 Å². The molecule has 0 saturated heterocycles. The van der Waals surface area contributed by atoms with Crippen LogP contribution >= 0.6 is 0 Å². The smallest absolute Gasteiger partial charge is 0.118 e. The first-order valence-corrected chi connectivity index (χ1v) is 23.0. The van der Waals surface area contributed by atoms with E-state index in [0.29, 0.717) is 11.8 Å². The van der Waals surface area contributed by atoms with Gasteiger partial charge in [-0.2, -0.15) is 0 Å². The fourth-order valence-electron chi connectivity index (χ4n) is 11.8. The number of methoxy groups -OCH3 is 2. The molecule has 4 fully saturated rings. The van der Waals surface area contributed by atoms with Crippen molar-refractivity contribution in [3.05, 3.63) is 59.7 Å². The highest BCUT2D eigenvalue weighted by atomic mass is 16.5. The predicted octanol–water partition coefficient (Wildman–Crippen LogP) is 14.9. The number of rotatable bonds is 18. The lowest BCUT2D eigenvalue weighted by molar-refractivity contribution is -0.0935. The van der Waals surface area contributed by atoms with Crippen LogP contribution in [0, 0.1) is 47.3 Å². The van der Waals surface area contributed by atoms with Gasteiger partial charge in [0.1, 0.15) is 11.5 Å². The Hall–Kier alpha value is -2.00. The van der Waals surface area contributed by atoms with Gasteiger partial charge in [-0.25, -0.2) is 0 Å². The lowest BCUT2D eigenvalue weighted by atomic mass is 9.67. The number of ether oxygens (including phenoxy) is 3. The van der Waals surface area contributed by atoms with Crippen molar-refractivity contribution in [1.29, 1.82) is 0 Å². The Morgan fingerprint density at radius 1 is 0.434 bits per heavy atom. The Morgan fingerprint density at radius 3 is 1.06 bits per heavy atom. The van der Waals surface area contributed by atoms with Crippen molar-refractivity contribution < 1.29 is 14.2 Å². The Balaban J connectivity index is 1.12. The molecule has 2 atom stereocenters. The molecule has 3 heteroatoms. The van der Waals surface area contributed by atoms with Crippen LogP contribution in [0.2, 0.25) is 0 Å². The highest BCUT2D eigenvalue weighted by molar-refractivity contribution is 5.31. The molecule has 0 aliphatic heterocycles. The largest absolute Gasteiger partial charge is 0.497 e. The zero-order chi connectivity index (χ0) is 36.8. The van der Waals surface area contributed by atoms with Crippen LogP contribution in [0.25, 0.3) is 0 Å². The molecule has 4 aliphatic carbocycles. The normalized spacial score (nSPS) is 30.7. The highest BCUT2D eigenvalue weighted by Gasteiger charge is 2.39. The maximum Gasteiger partial charge on any atom is 0.118 e. The summed E-state index contributed by atoms with van der Waals surface area (Å²) in [6.07, 6.45) is 34.2. The zero-order valence-electron chi connectivity index (χ0n) is 34.6. The Labute approximate surface area is 326 Å². The molecule has 6 rings (SSSR count). The molecule has 4 saturated carbocycles. The third-order valence-corrected chi connectivity index (χ3v) is 15.2. The van der Waals surface area contributed by atoms with Gasteiger partial charge in [0, 0.05) is 0 Å². The Kier molecular flexibility index (Phi) is 16.4. The van der Waals surface area contributed by atoms with Gasteiger partial charge in [0.15, 0.2) is 0 Å². The van der Waals surface area contributed by atoms with E-state index in [9.17, 15) is 0 Å². The first-order chi connectivity index (χ1) is 26.1. The fourth-order valence-corrected chi connectivity index (χ4v) is 11.8. The summed E-state index contributed by atoms with van der Waals surface area (Å²) < 4.78 is 18.9. The molecule has 296 valence electrons. The highest BCUT2D eigenvalue weighted by Crippen LogP contribution is 2.50. The first-order valence-electron chi connectivity index (χ1n) is 23.0. The Bertz CT molecular complexity index is 1160. The average molecular weight is 727 g/mol. The second kappa shape index (κ2) is 21.3. The summed E-state index contributed by atoms with van der Waals surface area (Å²) in [6, 6.07) is 17.8. The van der Waals surface area contributed by atoms with Gasteiger partial charge in [-0.05, 0) is 160 Å². The summed E-state index contributed by atoms with van der Waals surface area (Å²) in [5, 5.41) is 0. The van der Waals surface area contributed by atoms with Crippen molar-refractivity contribution in [2.75, 3.05) is 14.2 Å². The molecule has 0 N–H and O–H groups in total. The number of hydrogen-bond donors (Lipinski definition) is 0. The zero-order valence-corrected chi connectivity index (χ0v) is 34.6. The van der Waals surface area contributed by atoms with Gasteiger partial charge in [-0.3, -0.25) is 0 Å². The minimum absolute atomic E-state index is 0.115. The van der Waals surface area contributed by atoms with Gasteiger partial charge in [-0.15, -0.1) is 0 Å². The van der Waals surface area contributed by atoms with E-state index in [0.717, 1.165) is 47.0 Å². The number of unbranched alkanes of at least 4 members (excludes halogenated alkanes) is 4. The van der Waals surface area contributed by atoms with Crippen LogP contribution in [0.4, 0.5) is 0 Å². The molecular formula is C50H78O3. The Morgan fingerprint density at radius 2 is 0.755 bits per heavy atom. The van der Waals surface area contributed by atoms with Crippen molar-refractivity contribution in [2.24, 2.45) is 47.3 Å². The number of hydrogen-bond acceptors (Lipinski definition) is 3. The number of benzene rings is 2. The summed E-state index contributed by atoms with van der Waals surface area (Å²) in [7, 11) is 3.55. The van der Waals surface area contributed by atoms with Crippen LogP contribution in [-0.4, -0.2) is 14.2 Å². The van der Waals surface area contributed by atoms with E-state index in [1.54, 1.807) is 14.2 Å². The predicted molar refractivity (Wildman–Crippen MR) is 223 cm³/mol. The molecule has 2 unspecified atom stereocenters. The van der Waals surface area contributed by atoms with Crippen molar-refractivity contribution >= 4 is 0 Å².